The average Bonchev–Trinajstić information content (AvgIpc) is 3.18. The van der Waals surface area contributed by atoms with Gasteiger partial charge in [0, 0.05) is 18.5 Å². The fraction of sp³-hybridized carbons (Fsp3) is 0.300. The fourth-order valence-electron chi connectivity index (χ4n) is 3.82. The zero-order valence-corrected chi connectivity index (χ0v) is 13.7. The monoisotopic (exact) mass is 337 g/mol. The molecule has 128 valence electrons. The molecule has 0 spiro atoms. The largest absolute Gasteiger partial charge is 0.493 e. The maximum Gasteiger partial charge on any atom is 0.310 e. The van der Waals surface area contributed by atoms with Crippen LogP contribution in [0, 0.1) is 5.41 Å². The van der Waals surface area contributed by atoms with Crippen LogP contribution in [0.25, 0.3) is 0 Å². The topological polar surface area (TPSA) is 75.6 Å². The third kappa shape index (κ3) is 2.86. The van der Waals surface area contributed by atoms with E-state index in [9.17, 15) is 14.7 Å². The summed E-state index contributed by atoms with van der Waals surface area (Å²) in [6.45, 7) is 0.660. The van der Waals surface area contributed by atoms with Gasteiger partial charge in [-0.15, -0.1) is 0 Å². The summed E-state index contributed by atoms with van der Waals surface area (Å²) < 4.78 is 5.46. The number of benzene rings is 2. The lowest BCUT2D eigenvalue weighted by molar-refractivity contribution is -0.150. The molecule has 0 bridgehead atoms. The maximum absolute atomic E-state index is 12.5. The SMILES string of the molecule is O=C(CC1(C(=O)O)Cc2ccccc2C1)Nc1ccc2c(c1)CCO2. The van der Waals surface area contributed by atoms with Gasteiger partial charge >= 0.3 is 5.97 Å². The molecular formula is C20H19NO4. The molecule has 2 N–H and O–H groups in total. The number of hydrogen-bond acceptors (Lipinski definition) is 3. The van der Waals surface area contributed by atoms with E-state index in [-0.39, 0.29) is 12.3 Å². The number of carboxylic acid groups (broad SMARTS) is 1. The Bertz CT molecular complexity index is 834. The number of anilines is 1. The number of fused-ring (bicyclic) bond motifs is 2. The van der Waals surface area contributed by atoms with Crippen LogP contribution in [0.5, 0.6) is 5.75 Å². The molecule has 2 aromatic carbocycles. The third-order valence-electron chi connectivity index (χ3n) is 5.10. The highest BCUT2D eigenvalue weighted by Gasteiger charge is 2.45. The molecule has 0 radical (unpaired) electrons. The van der Waals surface area contributed by atoms with Gasteiger partial charge in [-0.2, -0.15) is 0 Å². The average molecular weight is 337 g/mol. The molecule has 0 unspecified atom stereocenters. The van der Waals surface area contributed by atoms with Crippen LogP contribution in [0.4, 0.5) is 5.69 Å². The van der Waals surface area contributed by atoms with Gasteiger partial charge in [-0.3, -0.25) is 9.59 Å². The van der Waals surface area contributed by atoms with Crippen molar-refractivity contribution in [2.45, 2.75) is 25.7 Å². The maximum atomic E-state index is 12.5. The van der Waals surface area contributed by atoms with Crippen molar-refractivity contribution in [2.75, 3.05) is 11.9 Å². The molecule has 2 aromatic rings. The molecule has 0 saturated heterocycles. The fourth-order valence-corrected chi connectivity index (χ4v) is 3.82. The molecule has 1 amide bonds. The second-order valence-electron chi connectivity index (χ2n) is 6.85. The summed E-state index contributed by atoms with van der Waals surface area (Å²) in [6.07, 6.45) is 1.58. The molecule has 4 rings (SSSR count). The van der Waals surface area contributed by atoms with E-state index in [0.29, 0.717) is 25.1 Å². The van der Waals surface area contributed by atoms with Crippen molar-refractivity contribution >= 4 is 17.6 Å². The molecular weight excluding hydrogens is 318 g/mol. The normalized spacial score (nSPS) is 16.6. The van der Waals surface area contributed by atoms with Crippen molar-refractivity contribution < 1.29 is 19.4 Å². The number of aliphatic carboxylic acids is 1. The highest BCUT2D eigenvalue weighted by Crippen LogP contribution is 2.40. The molecule has 5 heteroatoms. The summed E-state index contributed by atoms with van der Waals surface area (Å²) >= 11 is 0. The lowest BCUT2D eigenvalue weighted by Gasteiger charge is -2.23. The van der Waals surface area contributed by atoms with E-state index >= 15 is 0 Å². The van der Waals surface area contributed by atoms with E-state index in [1.165, 1.54) is 0 Å². The zero-order valence-electron chi connectivity index (χ0n) is 13.7. The van der Waals surface area contributed by atoms with Crippen molar-refractivity contribution in [1.82, 2.24) is 0 Å². The molecule has 1 aliphatic heterocycles. The highest BCUT2D eigenvalue weighted by atomic mass is 16.5. The van der Waals surface area contributed by atoms with Crippen LogP contribution < -0.4 is 10.1 Å². The predicted molar refractivity (Wildman–Crippen MR) is 92.8 cm³/mol. The van der Waals surface area contributed by atoms with E-state index < -0.39 is 11.4 Å². The Balaban J connectivity index is 1.50. The van der Waals surface area contributed by atoms with Crippen molar-refractivity contribution in [3.63, 3.8) is 0 Å². The van der Waals surface area contributed by atoms with Gasteiger partial charge in [-0.25, -0.2) is 0 Å². The number of ether oxygens (including phenoxy) is 1. The Hall–Kier alpha value is -2.82. The van der Waals surface area contributed by atoms with Crippen LogP contribution in [0.15, 0.2) is 42.5 Å². The number of carbonyl (C=O) groups is 2. The molecule has 2 aliphatic rings. The summed E-state index contributed by atoms with van der Waals surface area (Å²) in [7, 11) is 0. The lowest BCUT2D eigenvalue weighted by atomic mass is 9.81. The van der Waals surface area contributed by atoms with Crippen LogP contribution >= 0.6 is 0 Å². The smallest absolute Gasteiger partial charge is 0.310 e. The Morgan fingerprint density at radius 1 is 1.08 bits per heavy atom. The van der Waals surface area contributed by atoms with Crippen LogP contribution in [0.3, 0.4) is 0 Å². The van der Waals surface area contributed by atoms with Crippen molar-refractivity contribution in [1.29, 1.82) is 0 Å². The molecule has 0 saturated carbocycles. The van der Waals surface area contributed by atoms with Crippen molar-refractivity contribution in [3.05, 3.63) is 59.2 Å². The standard InChI is InChI=1S/C20H19NO4/c22-18(21-16-5-6-17-13(9-16)7-8-25-17)12-20(19(23)24)10-14-3-1-2-4-15(14)11-20/h1-6,9H,7-8,10-12H2,(H,21,22)(H,23,24). The predicted octanol–water partition coefficient (Wildman–Crippen LogP) is 2.82. The van der Waals surface area contributed by atoms with Gasteiger partial charge in [0.05, 0.1) is 12.0 Å². The Morgan fingerprint density at radius 2 is 1.80 bits per heavy atom. The number of carbonyl (C=O) groups excluding carboxylic acids is 1. The van der Waals surface area contributed by atoms with E-state index in [2.05, 4.69) is 5.32 Å². The first-order valence-electron chi connectivity index (χ1n) is 8.41. The van der Waals surface area contributed by atoms with Gasteiger partial charge in [0.2, 0.25) is 5.91 Å². The molecule has 0 atom stereocenters. The third-order valence-corrected chi connectivity index (χ3v) is 5.10. The molecule has 25 heavy (non-hydrogen) atoms. The first kappa shape index (κ1) is 15.7. The number of rotatable bonds is 4. The van der Waals surface area contributed by atoms with Crippen molar-refractivity contribution in [2.24, 2.45) is 5.41 Å². The van der Waals surface area contributed by atoms with E-state index in [4.69, 9.17) is 4.74 Å². The van der Waals surface area contributed by atoms with Crippen molar-refractivity contribution in [3.8, 4) is 5.75 Å². The Kier molecular flexibility index (Phi) is 3.71. The molecule has 1 aliphatic carbocycles. The lowest BCUT2D eigenvalue weighted by Crippen LogP contribution is -2.36. The van der Waals surface area contributed by atoms with Gasteiger partial charge in [0.15, 0.2) is 0 Å². The number of hydrogen-bond donors (Lipinski definition) is 2. The van der Waals surface area contributed by atoms with E-state index in [1.54, 1.807) is 6.07 Å². The Labute approximate surface area is 145 Å². The molecule has 5 nitrogen and oxygen atoms in total. The highest BCUT2D eigenvalue weighted by molar-refractivity contribution is 5.95. The quantitative estimate of drug-likeness (QED) is 0.899. The summed E-state index contributed by atoms with van der Waals surface area (Å²) in [6, 6.07) is 13.2. The number of amides is 1. The minimum absolute atomic E-state index is 0.0371. The van der Waals surface area contributed by atoms with E-state index in [0.717, 1.165) is 28.9 Å². The van der Waals surface area contributed by atoms with Crippen LogP contribution in [-0.2, 0) is 28.9 Å². The second-order valence-corrected chi connectivity index (χ2v) is 6.85. The number of nitrogens with one attached hydrogen (secondary N) is 1. The molecule has 1 heterocycles. The van der Waals surface area contributed by atoms with Gasteiger partial charge in [0.25, 0.3) is 0 Å². The van der Waals surface area contributed by atoms with Gasteiger partial charge in [0.1, 0.15) is 5.75 Å². The summed E-state index contributed by atoms with van der Waals surface area (Å²) in [5.74, 6) is -0.332. The molecule has 0 aromatic heterocycles. The van der Waals surface area contributed by atoms with Gasteiger partial charge in [-0.1, -0.05) is 24.3 Å². The van der Waals surface area contributed by atoms with Gasteiger partial charge in [-0.05, 0) is 47.7 Å². The Morgan fingerprint density at radius 3 is 2.48 bits per heavy atom. The summed E-state index contributed by atoms with van der Waals surface area (Å²) in [5, 5.41) is 12.6. The van der Waals surface area contributed by atoms with Gasteiger partial charge < -0.3 is 15.2 Å². The van der Waals surface area contributed by atoms with Crippen LogP contribution in [0.1, 0.15) is 23.1 Å². The second kappa shape index (κ2) is 5.92. The first-order valence-corrected chi connectivity index (χ1v) is 8.41. The van der Waals surface area contributed by atoms with Crippen LogP contribution in [-0.4, -0.2) is 23.6 Å². The molecule has 0 fully saturated rings. The first-order chi connectivity index (χ1) is 12.1. The summed E-state index contributed by atoms with van der Waals surface area (Å²) in [4.78, 5) is 24.5. The number of carboxylic acids is 1. The zero-order chi connectivity index (χ0) is 17.4. The minimum Gasteiger partial charge on any atom is -0.493 e. The summed E-state index contributed by atoms with van der Waals surface area (Å²) in [5.41, 5.74) is 2.73. The van der Waals surface area contributed by atoms with E-state index in [1.807, 2.05) is 36.4 Å². The minimum atomic E-state index is -1.06. The van der Waals surface area contributed by atoms with Crippen LogP contribution in [0.2, 0.25) is 0 Å².